The average molecular weight is 361 g/mol. The quantitative estimate of drug-likeness (QED) is 0.630. The number of nitrogens with zero attached hydrogens (tertiary/aromatic N) is 2. The summed E-state index contributed by atoms with van der Waals surface area (Å²) in [6, 6.07) is 0. The fourth-order valence-electron chi connectivity index (χ4n) is 2.53. The summed E-state index contributed by atoms with van der Waals surface area (Å²) in [4.78, 5) is 5.22. The summed E-state index contributed by atoms with van der Waals surface area (Å²) >= 11 is 0.757. The summed E-state index contributed by atoms with van der Waals surface area (Å²) in [5.41, 5.74) is 0. The molecule has 2 rings (SSSR count). The molecule has 0 aromatic rings. The molecule has 2 fully saturated rings. The normalized spacial score (nSPS) is 30.2. The van der Waals surface area contributed by atoms with E-state index in [1.54, 1.807) is 0 Å². The molecule has 7 heteroatoms. The number of halogens is 2. The molecular weight excluding hydrogens is 335 g/mol. The van der Waals surface area contributed by atoms with Gasteiger partial charge in [-0.2, -0.15) is 0 Å². The SMILES string of the molecule is C1CNCCN2CCCNCCN(C1)CC2.[Cl][Cu][Cl]. The van der Waals surface area contributed by atoms with Gasteiger partial charge in [-0.05, 0) is 39.0 Å². The van der Waals surface area contributed by atoms with Crippen molar-refractivity contribution in [2.24, 2.45) is 0 Å². The molecule has 2 saturated heterocycles. The van der Waals surface area contributed by atoms with Crippen LogP contribution < -0.4 is 10.6 Å². The second kappa shape index (κ2) is 12.7. The van der Waals surface area contributed by atoms with E-state index in [2.05, 4.69) is 40.6 Å². The molecular formula is C12H26Cl2CuN4. The van der Waals surface area contributed by atoms with E-state index in [0.29, 0.717) is 0 Å². The third-order valence-corrected chi connectivity index (χ3v) is 3.60. The van der Waals surface area contributed by atoms with Crippen molar-refractivity contribution in [1.29, 1.82) is 0 Å². The van der Waals surface area contributed by atoms with Crippen molar-refractivity contribution >= 4 is 20.2 Å². The third kappa shape index (κ3) is 9.48. The van der Waals surface area contributed by atoms with Gasteiger partial charge >= 0.3 is 33.3 Å². The summed E-state index contributed by atoms with van der Waals surface area (Å²) in [5.74, 6) is 0. The molecule has 2 bridgehead atoms. The van der Waals surface area contributed by atoms with Crippen molar-refractivity contribution in [2.45, 2.75) is 12.8 Å². The molecule has 2 unspecified atom stereocenters. The number of rotatable bonds is 0. The fourth-order valence-corrected chi connectivity index (χ4v) is 2.53. The Labute approximate surface area is 132 Å². The van der Waals surface area contributed by atoms with Crippen molar-refractivity contribution in [3.63, 3.8) is 0 Å². The first kappa shape index (κ1) is 18.0. The Hall–Kier alpha value is 0.939. The van der Waals surface area contributed by atoms with Gasteiger partial charge < -0.3 is 20.4 Å². The molecule has 0 aromatic heterocycles. The minimum atomic E-state index is 0.757. The van der Waals surface area contributed by atoms with Crippen LogP contribution in [-0.2, 0) is 13.1 Å². The molecule has 2 N–H and O–H groups in total. The molecule has 2 aliphatic heterocycles. The molecule has 2 aliphatic rings. The molecule has 0 aromatic carbocycles. The van der Waals surface area contributed by atoms with Gasteiger partial charge in [0.15, 0.2) is 0 Å². The summed E-state index contributed by atoms with van der Waals surface area (Å²) in [6.45, 7) is 12.1. The Kier molecular flexibility index (Phi) is 12.0. The zero-order valence-electron chi connectivity index (χ0n) is 11.4. The van der Waals surface area contributed by atoms with Crippen LogP contribution in [0.15, 0.2) is 0 Å². The van der Waals surface area contributed by atoms with Gasteiger partial charge in [-0.1, -0.05) is 0 Å². The average Bonchev–Trinajstić information content (AvgIpc) is 2.43. The summed E-state index contributed by atoms with van der Waals surface area (Å²) in [6.07, 6.45) is 2.58. The van der Waals surface area contributed by atoms with Crippen LogP contribution in [-0.4, -0.2) is 75.2 Å². The first-order valence-electron chi connectivity index (χ1n) is 7.04. The van der Waals surface area contributed by atoms with Crippen molar-refractivity contribution in [3.05, 3.63) is 0 Å². The van der Waals surface area contributed by atoms with Crippen molar-refractivity contribution in [3.8, 4) is 0 Å². The molecule has 0 saturated carbocycles. The summed E-state index contributed by atoms with van der Waals surface area (Å²) in [7, 11) is 9.34. The molecule has 2 heterocycles. The van der Waals surface area contributed by atoms with Crippen LogP contribution in [0.5, 0.6) is 0 Å². The minimum absolute atomic E-state index is 0.757. The van der Waals surface area contributed by atoms with Crippen LogP contribution in [0.1, 0.15) is 12.8 Å². The number of nitrogens with one attached hydrogen (secondary N) is 2. The van der Waals surface area contributed by atoms with Crippen molar-refractivity contribution in [2.75, 3.05) is 65.4 Å². The van der Waals surface area contributed by atoms with E-state index in [9.17, 15) is 0 Å². The van der Waals surface area contributed by atoms with Gasteiger partial charge in [-0.25, -0.2) is 0 Å². The molecule has 0 radical (unpaired) electrons. The van der Waals surface area contributed by atoms with Gasteiger partial charge in [0.05, 0.1) is 0 Å². The van der Waals surface area contributed by atoms with Gasteiger partial charge in [0, 0.05) is 39.3 Å². The maximum absolute atomic E-state index is 4.67. The predicted octanol–water partition coefficient (Wildman–Crippen LogP) is 0.954. The van der Waals surface area contributed by atoms with E-state index in [0.717, 1.165) is 26.2 Å². The monoisotopic (exact) mass is 359 g/mol. The number of hydrogen-bond donors (Lipinski definition) is 2. The zero-order valence-corrected chi connectivity index (χ0v) is 13.9. The van der Waals surface area contributed by atoms with Gasteiger partial charge in [0.1, 0.15) is 0 Å². The van der Waals surface area contributed by atoms with Crippen LogP contribution in [0, 0.1) is 0 Å². The van der Waals surface area contributed by atoms with Crippen LogP contribution in [0.4, 0.5) is 0 Å². The van der Waals surface area contributed by atoms with Crippen LogP contribution in [0.2, 0.25) is 0 Å². The Morgan fingerprint density at radius 2 is 1.05 bits per heavy atom. The Balaban J connectivity index is 0.000000550. The first-order chi connectivity index (χ1) is 9.36. The van der Waals surface area contributed by atoms with Crippen molar-refractivity contribution < 1.29 is 13.1 Å². The van der Waals surface area contributed by atoms with E-state index >= 15 is 0 Å². The summed E-state index contributed by atoms with van der Waals surface area (Å²) < 4.78 is 0. The first-order valence-corrected chi connectivity index (χ1v) is 9.63. The number of hydrogen-bond acceptors (Lipinski definition) is 4. The Morgan fingerprint density at radius 1 is 0.632 bits per heavy atom. The van der Waals surface area contributed by atoms with Crippen LogP contribution in [0.25, 0.3) is 0 Å². The second-order valence-electron chi connectivity index (χ2n) is 4.93. The Bertz CT molecular complexity index is 176. The second-order valence-corrected chi connectivity index (χ2v) is 6.49. The van der Waals surface area contributed by atoms with Crippen LogP contribution >= 0.6 is 20.2 Å². The van der Waals surface area contributed by atoms with E-state index in [-0.39, 0.29) is 0 Å². The topological polar surface area (TPSA) is 30.5 Å². The molecule has 0 aliphatic carbocycles. The van der Waals surface area contributed by atoms with Crippen molar-refractivity contribution in [1.82, 2.24) is 20.4 Å². The Morgan fingerprint density at radius 3 is 1.47 bits per heavy atom. The third-order valence-electron chi connectivity index (χ3n) is 3.60. The fraction of sp³-hybridized carbons (Fsp3) is 1.00. The van der Waals surface area contributed by atoms with E-state index in [1.165, 1.54) is 65.2 Å². The number of fused-ring (bicyclic) bond motifs is 3. The summed E-state index contributed by atoms with van der Waals surface area (Å²) in [5, 5.41) is 7.08. The van der Waals surface area contributed by atoms with E-state index < -0.39 is 0 Å². The molecule has 4 nitrogen and oxygen atoms in total. The van der Waals surface area contributed by atoms with E-state index in [4.69, 9.17) is 0 Å². The van der Waals surface area contributed by atoms with E-state index in [1.807, 2.05) is 0 Å². The van der Waals surface area contributed by atoms with Gasteiger partial charge in [-0.3, -0.25) is 0 Å². The maximum atomic E-state index is 4.67. The van der Waals surface area contributed by atoms with Gasteiger partial charge in [-0.15, -0.1) is 0 Å². The van der Waals surface area contributed by atoms with Crippen LogP contribution in [0.3, 0.4) is 0 Å². The molecule has 0 spiro atoms. The van der Waals surface area contributed by atoms with Gasteiger partial charge in [0.25, 0.3) is 0 Å². The molecule has 119 valence electrons. The van der Waals surface area contributed by atoms with Gasteiger partial charge in [0.2, 0.25) is 0 Å². The standard InChI is InChI=1S/C12H26N4.2ClH.Cu/c1-3-13-5-10-16-8-2-4-14-6-9-15(7-1)11-12-16;;;/h13-14H,1-12H2;2*1H;/q;;;+2/p-2. The molecule has 19 heavy (non-hydrogen) atoms. The predicted molar refractivity (Wildman–Crippen MR) is 79.6 cm³/mol. The molecule has 0 amide bonds. The molecule has 2 atom stereocenters. The zero-order chi connectivity index (χ0) is 13.8.